The van der Waals surface area contributed by atoms with Crippen LogP contribution in [0, 0.1) is 0 Å². The predicted octanol–water partition coefficient (Wildman–Crippen LogP) is 1.06. The molecule has 0 radical (unpaired) electrons. The third-order valence-electron chi connectivity index (χ3n) is 1.61. The summed E-state index contributed by atoms with van der Waals surface area (Å²) in [6, 6.07) is 2.28. The molecule has 0 unspecified atom stereocenters. The topological polar surface area (TPSA) is 119 Å². The van der Waals surface area contributed by atoms with E-state index in [0.29, 0.717) is 0 Å². The molecule has 9 heteroatoms. The number of hydrogen-bond acceptors (Lipinski definition) is 5. The van der Waals surface area contributed by atoms with E-state index in [-0.39, 0.29) is 28.1 Å². The summed E-state index contributed by atoms with van der Waals surface area (Å²) in [6.45, 7) is 1.27. The molecule has 0 saturated carbocycles. The Kier molecular flexibility index (Phi) is 3.81. The van der Waals surface area contributed by atoms with Crippen LogP contribution in [0.2, 0.25) is 5.02 Å². The number of amides is 1. The minimum Gasteiger partial charge on any atom is -0.396 e. The van der Waals surface area contributed by atoms with Crippen LogP contribution in [-0.2, 0) is 15.2 Å². The van der Waals surface area contributed by atoms with Crippen LogP contribution in [0.25, 0.3) is 0 Å². The first-order valence-corrected chi connectivity index (χ1v) is 5.97. The Morgan fingerprint density at radius 2 is 2.12 bits per heavy atom. The molecular formula is C8H9ClN2O5S. The van der Waals surface area contributed by atoms with Crippen LogP contribution in [0.5, 0.6) is 5.75 Å². The molecule has 0 aromatic heterocycles. The van der Waals surface area contributed by atoms with Crippen molar-refractivity contribution < 1.29 is 21.9 Å². The fraction of sp³-hybridized carbons (Fsp3) is 0.125. The molecular weight excluding hydrogens is 272 g/mol. The maximum atomic E-state index is 10.8. The van der Waals surface area contributed by atoms with Gasteiger partial charge in [0.2, 0.25) is 5.91 Å². The highest BCUT2D eigenvalue weighted by Crippen LogP contribution is 2.33. The Morgan fingerprint density at radius 1 is 1.53 bits per heavy atom. The molecule has 0 saturated heterocycles. The summed E-state index contributed by atoms with van der Waals surface area (Å²) in [5.74, 6) is -0.693. The second-order valence-electron chi connectivity index (χ2n) is 3.06. The first kappa shape index (κ1) is 13.6. The molecule has 0 aliphatic rings. The Hall–Kier alpha value is -1.51. The van der Waals surface area contributed by atoms with Gasteiger partial charge in [-0.25, -0.2) is 0 Å². The smallest absolute Gasteiger partial charge is 0.396 e. The second-order valence-corrected chi connectivity index (χ2v) is 4.49. The van der Waals surface area contributed by atoms with Gasteiger partial charge in [-0.1, -0.05) is 11.6 Å². The minimum atomic E-state index is -4.68. The summed E-state index contributed by atoms with van der Waals surface area (Å²) in [7, 11) is -4.68. The third kappa shape index (κ3) is 4.10. The van der Waals surface area contributed by atoms with Gasteiger partial charge in [0.05, 0.1) is 16.4 Å². The lowest BCUT2D eigenvalue weighted by atomic mass is 10.2. The van der Waals surface area contributed by atoms with Crippen molar-refractivity contribution in [2.24, 2.45) is 0 Å². The highest BCUT2D eigenvalue weighted by Gasteiger charge is 2.14. The van der Waals surface area contributed by atoms with Crippen LogP contribution >= 0.6 is 11.6 Å². The molecule has 0 heterocycles. The molecule has 0 atom stereocenters. The number of benzene rings is 1. The monoisotopic (exact) mass is 280 g/mol. The maximum Gasteiger partial charge on any atom is 0.446 e. The standard InChI is InChI=1S/C8H9ClN2O5S/c1-4(12)11-7-3-6(10)8(2-5(7)9)16-17(13,14)15/h2-3H,10H2,1H3,(H,11,12)(H,13,14,15). The lowest BCUT2D eigenvalue weighted by Gasteiger charge is -2.10. The van der Waals surface area contributed by atoms with Crippen molar-refractivity contribution in [3.05, 3.63) is 17.2 Å². The largest absolute Gasteiger partial charge is 0.446 e. The molecule has 1 aromatic rings. The summed E-state index contributed by atoms with van der Waals surface area (Å²) in [5.41, 5.74) is 5.57. The number of carbonyl (C=O) groups excluding carboxylic acids is 1. The number of halogens is 1. The zero-order valence-corrected chi connectivity index (χ0v) is 10.2. The van der Waals surface area contributed by atoms with Gasteiger partial charge in [-0.2, -0.15) is 8.42 Å². The van der Waals surface area contributed by atoms with Crippen LogP contribution < -0.4 is 15.2 Å². The lowest BCUT2D eigenvalue weighted by Crippen LogP contribution is -2.10. The van der Waals surface area contributed by atoms with E-state index in [1.807, 2.05) is 0 Å². The summed E-state index contributed by atoms with van der Waals surface area (Å²) in [6.07, 6.45) is 0. The average molecular weight is 281 g/mol. The van der Waals surface area contributed by atoms with Crippen LogP contribution in [0.4, 0.5) is 11.4 Å². The number of nitrogen functional groups attached to an aromatic ring is 1. The van der Waals surface area contributed by atoms with Crippen molar-refractivity contribution in [3.63, 3.8) is 0 Å². The molecule has 0 aliphatic heterocycles. The third-order valence-corrected chi connectivity index (χ3v) is 2.31. The van der Waals surface area contributed by atoms with Crippen molar-refractivity contribution in [3.8, 4) is 5.75 Å². The van der Waals surface area contributed by atoms with Gasteiger partial charge in [0.1, 0.15) is 0 Å². The molecule has 1 rings (SSSR count). The van der Waals surface area contributed by atoms with Crippen molar-refractivity contribution >= 4 is 39.3 Å². The van der Waals surface area contributed by atoms with E-state index in [9.17, 15) is 13.2 Å². The predicted molar refractivity (Wildman–Crippen MR) is 62.3 cm³/mol. The van der Waals surface area contributed by atoms with Crippen LogP contribution in [0.1, 0.15) is 6.92 Å². The van der Waals surface area contributed by atoms with E-state index in [1.165, 1.54) is 13.0 Å². The molecule has 0 aliphatic carbocycles. The molecule has 0 spiro atoms. The summed E-state index contributed by atoms with van der Waals surface area (Å²) in [5, 5.41) is 2.41. The average Bonchev–Trinajstić information content (AvgIpc) is 2.10. The first-order valence-electron chi connectivity index (χ1n) is 4.22. The number of anilines is 2. The number of nitrogens with two attached hydrogens (primary N) is 1. The highest BCUT2D eigenvalue weighted by molar-refractivity contribution is 7.81. The van der Waals surface area contributed by atoms with Crippen molar-refractivity contribution in [2.45, 2.75) is 6.92 Å². The van der Waals surface area contributed by atoms with Crippen LogP contribution in [0.15, 0.2) is 12.1 Å². The van der Waals surface area contributed by atoms with Gasteiger partial charge in [-0.15, -0.1) is 0 Å². The molecule has 1 aromatic carbocycles. The fourth-order valence-electron chi connectivity index (χ4n) is 1.04. The molecule has 4 N–H and O–H groups in total. The zero-order chi connectivity index (χ0) is 13.2. The zero-order valence-electron chi connectivity index (χ0n) is 8.60. The van der Waals surface area contributed by atoms with Crippen molar-refractivity contribution in [1.29, 1.82) is 0 Å². The minimum absolute atomic E-state index is 0.0213. The van der Waals surface area contributed by atoms with E-state index in [2.05, 4.69) is 9.50 Å². The van der Waals surface area contributed by atoms with Gasteiger partial charge in [-0.05, 0) is 6.07 Å². The van der Waals surface area contributed by atoms with E-state index < -0.39 is 10.4 Å². The SMILES string of the molecule is CC(=O)Nc1cc(N)c(OS(=O)(=O)O)cc1Cl. The normalized spacial score (nSPS) is 11.0. The van der Waals surface area contributed by atoms with Crippen molar-refractivity contribution in [1.82, 2.24) is 0 Å². The van der Waals surface area contributed by atoms with E-state index in [0.717, 1.165) is 6.07 Å². The molecule has 1 amide bonds. The van der Waals surface area contributed by atoms with Gasteiger partial charge in [-0.3, -0.25) is 9.35 Å². The van der Waals surface area contributed by atoms with E-state index >= 15 is 0 Å². The maximum absolute atomic E-state index is 10.8. The number of nitrogens with one attached hydrogen (secondary N) is 1. The summed E-state index contributed by atoms with van der Waals surface area (Å²) >= 11 is 5.75. The molecule has 0 fully saturated rings. The van der Waals surface area contributed by atoms with Gasteiger partial charge >= 0.3 is 10.4 Å². The summed E-state index contributed by atoms with van der Waals surface area (Å²) < 4.78 is 33.6. The number of hydrogen-bond donors (Lipinski definition) is 3. The fourth-order valence-corrected chi connectivity index (χ4v) is 1.61. The number of carbonyl (C=O) groups is 1. The Morgan fingerprint density at radius 3 is 2.59 bits per heavy atom. The molecule has 17 heavy (non-hydrogen) atoms. The van der Waals surface area contributed by atoms with Crippen LogP contribution in [-0.4, -0.2) is 18.9 Å². The molecule has 0 bridgehead atoms. The van der Waals surface area contributed by atoms with Crippen LogP contribution in [0.3, 0.4) is 0 Å². The Bertz CT molecular complexity index is 557. The Balaban J connectivity index is 3.13. The molecule has 7 nitrogen and oxygen atoms in total. The van der Waals surface area contributed by atoms with Gasteiger partial charge in [0.15, 0.2) is 5.75 Å². The van der Waals surface area contributed by atoms with Crippen molar-refractivity contribution in [2.75, 3.05) is 11.1 Å². The lowest BCUT2D eigenvalue weighted by molar-refractivity contribution is -0.114. The highest BCUT2D eigenvalue weighted by atomic mass is 35.5. The van der Waals surface area contributed by atoms with Gasteiger partial charge < -0.3 is 15.2 Å². The van der Waals surface area contributed by atoms with E-state index in [1.54, 1.807) is 0 Å². The quantitative estimate of drug-likeness (QED) is 0.563. The first-order chi connectivity index (χ1) is 7.69. The summed E-state index contributed by atoms with van der Waals surface area (Å²) in [4.78, 5) is 10.8. The van der Waals surface area contributed by atoms with E-state index in [4.69, 9.17) is 21.9 Å². The Labute approximate surface area is 102 Å². The van der Waals surface area contributed by atoms with Gasteiger partial charge in [0.25, 0.3) is 0 Å². The van der Waals surface area contributed by atoms with Gasteiger partial charge in [0, 0.05) is 13.0 Å². The number of rotatable bonds is 3. The second kappa shape index (κ2) is 4.78. The molecule has 94 valence electrons.